The van der Waals surface area contributed by atoms with E-state index in [1.807, 2.05) is 66.7 Å². The van der Waals surface area contributed by atoms with Gasteiger partial charge in [0.1, 0.15) is 5.54 Å². The second-order valence-corrected chi connectivity index (χ2v) is 8.90. The third-order valence-electron chi connectivity index (χ3n) is 4.38. The molecule has 4 rings (SSSR count). The Balaban J connectivity index is -0.000000439. The number of aliphatic hydroxyl groups excluding tert-OH is 1. The van der Waals surface area contributed by atoms with Crippen molar-refractivity contribution in [3.8, 4) is 6.07 Å². The second kappa shape index (κ2) is 22.1. The van der Waals surface area contributed by atoms with Crippen molar-refractivity contribution in [2.24, 2.45) is 0 Å². The fourth-order valence-corrected chi connectivity index (χ4v) is 2.66. The molecule has 3 aromatic rings. The summed E-state index contributed by atoms with van der Waals surface area (Å²) in [6.45, 7) is 2.18. The van der Waals surface area contributed by atoms with Gasteiger partial charge >= 0.3 is 34.1 Å². The largest absolute Gasteiger partial charge is 2.00 e. The summed E-state index contributed by atoms with van der Waals surface area (Å²) < 4.78 is 1.00. The molecule has 202 valence electrons. The molecule has 0 amide bonds. The van der Waals surface area contributed by atoms with E-state index < -0.39 is 12.1 Å². The first-order valence-corrected chi connectivity index (χ1v) is 11.1. The molecule has 1 atom stereocenters. The molecule has 0 saturated heterocycles. The van der Waals surface area contributed by atoms with Crippen LogP contribution in [0.5, 0.6) is 0 Å². The van der Waals surface area contributed by atoms with E-state index in [1.165, 1.54) is 12.5 Å². The number of rotatable bonds is 5. The van der Waals surface area contributed by atoms with Crippen LogP contribution in [0.4, 0.5) is 0 Å². The van der Waals surface area contributed by atoms with E-state index in [9.17, 15) is 5.11 Å². The maximum Gasteiger partial charge on any atom is 2.00 e. The van der Waals surface area contributed by atoms with Crippen molar-refractivity contribution in [1.29, 1.82) is 5.26 Å². The molecule has 0 aromatic heterocycles. The van der Waals surface area contributed by atoms with Crippen molar-refractivity contribution < 1.29 is 72.8 Å². The number of aliphatic hydroxyl groups is 1. The molecule has 0 fully saturated rings. The van der Waals surface area contributed by atoms with E-state index in [0.29, 0.717) is 5.57 Å². The van der Waals surface area contributed by atoms with Crippen LogP contribution in [0.1, 0.15) is 12.5 Å². The summed E-state index contributed by atoms with van der Waals surface area (Å²) in [6, 6.07) is 30.4. The maximum absolute atomic E-state index is 11.5. The zero-order chi connectivity index (χ0) is 25.3. The van der Waals surface area contributed by atoms with Crippen LogP contribution < -0.4 is 34.4 Å². The standard InChI is InChI=1S/C10H12N2O2.C9H15N.2C5H5.2Fe.HI/c1-10(6-11,7-13)12-9(14)8-4-2-3-5-8;1-10(2,3)8-9-6-4-5-7-9;2*1-2-4-5-3-1;;;/h2-5,12-14H,7H2,1H3;4-7H,8H2,1-3H3;2*1-5H;;;1H/q;;2*-1;2*+2;/p-2. The number of hydrogen-bond acceptors (Lipinski definition) is 4. The maximum atomic E-state index is 11.5. The Hall–Kier alpha value is -1.95. The van der Waals surface area contributed by atoms with E-state index in [0.717, 1.165) is 11.0 Å². The number of allylic oxidation sites excluding steroid dienone is 5. The first-order valence-electron chi connectivity index (χ1n) is 11.1. The Morgan fingerprint density at radius 2 is 1.46 bits per heavy atom. The molecule has 2 N–H and O–H groups in total. The molecule has 0 spiro atoms. The van der Waals surface area contributed by atoms with Crippen LogP contribution in [0.25, 0.3) is 0 Å². The number of quaternary nitrogens is 1. The van der Waals surface area contributed by atoms with E-state index in [-0.39, 0.29) is 64.0 Å². The van der Waals surface area contributed by atoms with Crippen molar-refractivity contribution in [3.05, 3.63) is 126 Å². The number of halogens is 1. The van der Waals surface area contributed by atoms with Gasteiger partial charge in [-0.25, -0.2) is 30.3 Å². The van der Waals surface area contributed by atoms with Crippen LogP contribution in [0, 0.1) is 11.3 Å². The monoisotopic (exact) mass is 697 g/mol. The Morgan fingerprint density at radius 3 is 1.76 bits per heavy atom. The van der Waals surface area contributed by atoms with Crippen molar-refractivity contribution in [2.45, 2.75) is 19.0 Å². The molecule has 1 unspecified atom stereocenters. The summed E-state index contributed by atoms with van der Waals surface area (Å²) in [4.78, 5) is 0. The fourth-order valence-electron chi connectivity index (χ4n) is 2.66. The van der Waals surface area contributed by atoms with Crippen molar-refractivity contribution in [2.75, 3.05) is 27.7 Å². The molecule has 0 aliphatic heterocycles. The Bertz CT molecular complexity index is 940. The molecule has 8 heteroatoms. The first kappa shape index (κ1) is 39.6. The smallest absolute Gasteiger partial charge is 1.00 e. The minimum absolute atomic E-state index is 0. The Morgan fingerprint density at radius 1 is 0.973 bits per heavy atom. The van der Waals surface area contributed by atoms with E-state index in [1.54, 1.807) is 24.3 Å². The number of hydrogen-bond donors (Lipinski definition) is 2. The van der Waals surface area contributed by atoms with Gasteiger partial charge in [-0.15, -0.1) is 5.56 Å². The molecule has 0 bridgehead atoms. The minimum atomic E-state index is -1.21. The van der Waals surface area contributed by atoms with Crippen LogP contribution in [0.15, 0.2) is 121 Å². The van der Waals surface area contributed by atoms with Crippen molar-refractivity contribution in [1.82, 2.24) is 5.32 Å². The Kier molecular flexibility index (Phi) is 23.6. The van der Waals surface area contributed by atoms with E-state index in [4.69, 9.17) is 10.4 Å². The number of nitrogens with one attached hydrogen (secondary N) is 1. The Labute approximate surface area is 260 Å². The van der Waals surface area contributed by atoms with Crippen LogP contribution in [-0.4, -0.2) is 42.9 Å². The summed E-state index contributed by atoms with van der Waals surface area (Å²) in [7, 11) is 6.60. The molecule has 1 aliphatic carbocycles. The molecular weight excluding hydrogens is 661 g/mol. The molecule has 1 aliphatic rings. The minimum Gasteiger partial charge on any atom is -1.00 e. The summed E-state index contributed by atoms with van der Waals surface area (Å²) >= 11 is 0. The molecular formula is C29H36Fe2IN3O2. The first-order chi connectivity index (χ1) is 16.2. The van der Waals surface area contributed by atoms with Gasteiger partial charge in [-0.05, 0) is 18.4 Å². The third-order valence-corrected chi connectivity index (χ3v) is 4.38. The number of nitriles is 1. The quantitative estimate of drug-likeness (QED) is 0.137. The van der Waals surface area contributed by atoms with E-state index >= 15 is 0 Å². The SMILES string of the molecule is CC(C#N)(CO)NC([O-])=C1C=CC=C1.C[N+](C)(C)Cc1cc[cH-]c1.[Fe+2].[Fe+2].[I-].c1cc[cH-]c1.c1cc[cH-]c1. The van der Waals surface area contributed by atoms with Crippen LogP contribution in [0.3, 0.4) is 0 Å². The van der Waals surface area contributed by atoms with Crippen molar-refractivity contribution in [3.63, 3.8) is 0 Å². The molecule has 37 heavy (non-hydrogen) atoms. The van der Waals surface area contributed by atoms with Crippen LogP contribution in [-0.2, 0) is 40.7 Å². The van der Waals surface area contributed by atoms with Crippen molar-refractivity contribution >= 4 is 0 Å². The third kappa shape index (κ3) is 19.8. The van der Waals surface area contributed by atoms with Gasteiger partial charge in [0.15, 0.2) is 0 Å². The average Bonchev–Trinajstić information content (AvgIpc) is 3.63. The van der Waals surface area contributed by atoms with Gasteiger partial charge in [0.2, 0.25) is 0 Å². The average molecular weight is 697 g/mol. The van der Waals surface area contributed by atoms with Gasteiger partial charge in [-0.3, -0.25) is 0 Å². The summed E-state index contributed by atoms with van der Waals surface area (Å²) in [5.74, 6) is -0.354. The number of nitrogens with zero attached hydrogens (tertiary/aromatic N) is 2. The van der Waals surface area contributed by atoms with Crippen LogP contribution >= 0.6 is 0 Å². The topological polar surface area (TPSA) is 79.1 Å². The van der Waals surface area contributed by atoms with Gasteiger partial charge in [-0.2, -0.15) is 59.9 Å². The molecule has 3 aromatic carbocycles. The molecule has 5 nitrogen and oxygen atoms in total. The zero-order valence-corrected chi connectivity index (χ0v) is 26.0. The summed E-state index contributed by atoms with van der Waals surface area (Å²) in [6.07, 6.45) is 6.75. The van der Waals surface area contributed by atoms with Gasteiger partial charge < -0.3 is 44.0 Å². The predicted molar refractivity (Wildman–Crippen MR) is 137 cm³/mol. The summed E-state index contributed by atoms with van der Waals surface area (Å²) in [5.41, 5.74) is 0.696. The molecule has 0 heterocycles. The van der Waals surface area contributed by atoms with E-state index in [2.05, 4.69) is 50.7 Å². The van der Waals surface area contributed by atoms with Gasteiger partial charge in [0, 0.05) is 0 Å². The normalized spacial score (nSPS) is 12.1. The van der Waals surface area contributed by atoms with Crippen LogP contribution in [0.2, 0.25) is 0 Å². The molecule has 0 radical (unpaired) electrons. The molecule has 0 saturated carbocycles. The second-order valence-electron chi connectivity index (χ2n) is 8.90. The predicted octanol–water partition coefficient (Wildman–Crippen LogP) is 0.970. The van der Waals surface area contributed by atoms with Gasteiger partial charge in [0.25, 0.3) is 0 Å². The fraction of sp³-hybridized carbons (Fsp3) is 0.241. The summed E-state index contributed by atoms with van der Waals surface area (Å²) in [5, 5.41) is 31.5. The van der Waals surface area contributed by atoms with Gasteiger partial charge in [-0.1, -0.05) is 24.3 Å². The zero-order valence-electron chi connectivity index (χ0n) is 21.6. The van der Waals surface area contributed by atoms with Gasteiger partial charge in [0.05, 0.1) is 40.4 Å².